The van der Waals surface area contributed by atoms with Crippen LogP contribution in [0, 0.1) is 5.92 Å². The van der Waals surface area contributed by atoms with Crippen LogP contribution in [-0.4, -0.2) is 126 Å². The molecule has 0 radical (unpaired) electrons. The zero-order valence-corrected chi connectivity index (χ0v) is 26.7. The molecule has 0 aromatic heterocycles. The van der Waals surface area contributed by atoms with E-state index in [1.807, 2.05) is 19.1 Å². The third kappa shape index (κ3) is 9.05. The average Bonchev–Trinajstić information content (AvgIpc) is 3.01. The van der Waals surface area contributed by atoms with Crippen LogP contribution in [0.5, 0.6) is 11.5 Å². The molecule has 46 heavy (non-hydrogen) atoms. The Morgan fingerprint density at radius 3 is 2.07 bits per heavy atom. The van der Waals surface area contributed by atoms with Gasteiger partial charge in [0, 0.05) is 11.5 Å². The molecule has 1 aromatic rings. The van der Waals surface area contributed by atoms with Crippen molar-refractivity contribution in [2.45, 2.75) is 127 Å². The van der Waals surface area contributed by atoms with Crippen LogP contribution in [0.4, 0.5) is 0 Å². The number of allylic oxidation sites excluding steroid dienone is 3. The van der Waals surface area contributed by atoms with Crippen LogP contribution < -0.4 is 0 Å². The van der Waals surface area contributed by atoms with Gasteiger partial charge in [-0.3, -0.25) is 0 Å². The highest BCUT2D eigenvalue weighted by Crippen LogP contribution is 2.46. The quantitative estimate of drug-likeness (QED) is 0.122. The van der Waals surface area contributed by atoms with Gasteiger partial charge in [0.05, 0.1) is 13.2 Å². The summed E-state index contributed by atoms with van der Waals surface area (Å²) < 4.78 is 15.3. The van der Waals surface area contributed by atoms with Crippen LogP contribution in [0.2, 0.25) is 0 Å². The third-order valence-corrected chi connectivity index (χ3v) is 8.96. The summed E-state index contributed by atoms with van der Waals surface area (Å²) in [6.07, 6.45) is -6.96. The predicted molar refractivity (Wildman–Crippen MR) is 166 cm³/mol. The lowest BCUT2D eigenvalue weighted by atomic mass is 9.73. The maximum absolute atomic E-state index is 10.5. The van der Waals surface area contributed by atoms with Crippen LogP contribution in [0.1, 0.15) is 69.9 Å². The number of ether oxygens (including phenoxy) is 3. The van der Waals surface area contributed by atoms with Crippen molar-refractivity contribution in [1.29, 1.82) is 0 Å². The first-order chi connectivity index (χ1) is 21.7. The minimum atomic E-state index is -1.74. The maximum Gasteiger partial charge on any atom is 0.187 e. The highest BCUT2D eigenvalue weighted by Gasteiger charge is 2.50. The van der Waals surface area contributed by atoms with E-state index in [0.29, 0.717) is 5.56 Å². The van der Waals surface area contributed by atoms with Crippen molar-refractivity contribution in [3.05, 3.63) is 47.1 Å². The van der Waals surface area contributed by atoms with Crippen molar-refractivity contribution < 1.29 is 65.3 Å². The highest BCUT2D eigenvalue weighted by molar-refractivity contribution is 5.51. The first-order valence-corrected chi connectivity index (χ1v) is 15.9. The van der Waals surface area contributed by atoms with Crippen molar-refractivity contribution in [2.75, 3.05) is 13.2 Å². The zero-order chi connectivity index (χ0) is 34.3. The molecule has 0 unspecified atom stereocenters. The molecule has 2 fully saturated rings. The van der Waals surface area contributed by atoms with Crippen LogP contribution >= 0.6 is 0 Å². The molecule has 262 valence electrons. The third-order valence-electron chi connectivity index (χ3n) is 8.96. The Hall–Kier alpha value is -2.14. The Labute approximate surface area is 269 Å². The summed E-state index contributed by atoms with van der Waals surface area (Å²) in [6.45, 7) is 9.10. The molecule has 0 bridgehead atoms. The number of aromatic hydroxyl groups is 2. The van der Waals surface area contributed by atoms with Crippen molar-refractivity contribution in [3.8, 4) is 11.5 Å². The number of aryl methyl sites for hydroxylation is 1. The number of hydrogen-bond acceptors (Lipinski definition) is 13. The Morgan fingerprint density at radius 1 is 0.870 bits per heavy atom. The van der Waals surface area contributed by atoms with Gasteiger partial charge in [-0.05, 0) is 63.1 Å². The Morgan fingerprint density at radius 2 is 1.50 bits per heavy atom. The number of benzene rings is 1. The van der Waals surface area contributed by atoms with Gasteiger partial charge in [-0.2, -0.15) is 0 Å². The molecular formula is C33H52O13. The topological polar surface area (TPSA) is 230 Å². The second-order valence-corrected chi connectivity index (χ2v) is 12.6. The minimum absolute atomic E-state index is 0.0194. The summed E-state index contributed by atoms with van der Waals surface area (Å²) in [6, 6.07) is 3.66. The van der Waals surface area contributed by atoms with E-state index in [1.54, 1.807) is 0 Å². The van der Waals surface area contributed by atoms with Crippen LogP contribution in [0.3, 0.4) is 0 Å². The predicted octanol–water partition coefficient (Wildman–Crippen LogP) is 0.449. The summed E-state index contributed by atoms with van der Waals surface area (Å²) >= 11 is 0. The Kier molecular flexibility index (Phi) is 14.4. The molecule has 0 amide bonds. The molecule has 3 aliphatic rings. The van der Waals surface area contributed by atoms with Gasteiger partial charge in [0.25, 0.3) is 0 Å². The second kappa shape index (κ2) is 17.3. The summed E-state index contributed by atoms with van der Waals surface area (Å²) in [7, 11) is 0. The first kappa shape index (κ1) is 38.3. The molecule has 13 heteroatoms. The molecule has 2 saturated heterocycles. The smallest absolute Gasteiger partial charge is 0.187 e. The molecule has 1 aromatic carbocycles. The number of hydrogen-bond donors (Lipinski definition) is 10. The van der Waals surface area contributed by atoms with E-state index in [0.717, 1.165) is 36.8 Å². The fraction of sp³-hybridized carbons (Fsp3) is 0.697. The maximum atomic E-state index is 10.5. The summed E-state index contributed by atoms with van der Waals surface area (Å²) in [5.74, 6) is 0.741. The molecule has 4 rings (SSSR count). The normalized spacial score (nSPS) is 36.4. The molecule has 12 atom stereocenters. The van der Waals surface area contributed by atoms with Gasteiger partial charge in [-0.1, -0.05) is 43.6 Å². The van der Waals surface area contributed by atoms with E-state index in [-0.39, 0.29) is 23.3 Å². The van der Waals surface area contributed by atoms with Crippen LogP contribution in [0.15, 0.2) is 35.9 Å². The average molecular weight is 657 g/mol. The fourth-order valence-electron chi connectivity index (χ4n) is 6.22. The fourth-order valence-corrected chi connectivity index (χ4v) is 6.22. The van der Waals surface area contributed by atoms with Gasteiger partial charge in [0.2, 0.25) is 0 Å². The van der Waals surface area contributed by atoms with Crippen molar-refractivity contribution in [3.63, 3.8) is 0 Å². The lowest BCUT2D eigenvalue weighted by molar-refractivity contribution is -0.355. The van der Waals surface area contributed by atoms with Crippen molar-refractivity contribution in [2.24, 2.45) is 5.92 Å². The highest BCUT2D eigenvalue weighted by atomic mass is 16.7. The van der Waals surface area contributed by atoms with Gasteiger partial charge >= 0.3 is 0 Å². The Balaban J connectivity index is 0.000000250. The van der Waals surface area contributed by atoms with Gasteiger partial charge in [0.15, 0.2) is 12.6 Å². The number of aliphatic hydroxyl groups excluding tert-OH is 8. The molecular weight excluding hydrogens is 604 g/mol. The van der Waals surface area contributed by atoms with E-state index >= 15 is 0 Å². The monoisotopic (exact) mass is 656 g/mol. The van der Waals surface area contributed by atoms with Gasteiger partial charge in [0.1, 0.15) is 60.3 Å². The minimum Gasteiger partial charge on any atom is -0.507 e. The van der Waals surface area contributed by atoms with Gasteiger partial charge in [-0.15, -0.1) is 0 Å². The lowest BCUT2D eigenvalue weighted by Crippen LogP contribution is -2.64. The SMILES string of the molecule is C=C(C)[C@@H]1CCC(C)=C[C@H]1c1c(O)cc(CCCCC)cc1O.OC[C@H]1O[C@@H](O[C@H]2[C@H](O)[C@@H](O)[C@H](O)O[C@@H]2CO)[C@H](O)[C@@H](O)[C@H]1O. The van der Waals surface area contributed by atoms with Crippen LogP contribution in [0.25, 0.3) is 0 Å². The summed E-state index contributed by atoms with van der Waals surface area (Å²) in [5.41, 5.74) is 4.11. The molecule has 2 aliphatic heterocycles. The van der Waals surface area contributed by atoms with Crippen molar-refractivity contribution >= 4 is 0 Å². The summed E-state index contributed by atoms with van der Waals surface area (Å²) in [4.78, 5) is 0. The number of rotatable bonds is 10. The molecule has 2 heterocycles. The molecule has 0 saturated carbocycles. The number of phenolic OH excluding ortho intramolecular Hbond substituents is 2. The number of aliphatic hydroxyl groups is 8. The zero-order valence-electron chi connectivity index (χ0n) is 26.7. The van der Waals surface area contributed by atoms with E-state index in [2.05, 4.69) is 26.5 Å². The number of unbranched alkanes of at least 4 members (excludes halogenated alkanes) is 2. The van der Waals surface area contributed by atoms with Crippen LogP contribution in [-0.2, 0) is 20.6 Å². The van der Waals surface area contributed by atoms with Gasteiger partial charge < -0.3 is 65.3 Å². The lowest BCUT2D eigenvalue weighted by Gasteiger charge is -2.45. The molecule has 0 spiro atoms. The standard InChI is InChI=1S/C21H30O2.C12H22O11/c1-5-6-7-8-16-12-19(22)21(20(23)13-16)18-11-15(4)9-10-17(18)14(2)3;13-1-3-5(15)6(16)9(19)12(22-3)23-10-4(2-14)21-11(20)8(18)7(10)17/h11-13,17-18,22-23H,2,5-10H2,1,3-4H3;3-20H,1-2H2/t17-,18+;3-,4-,5+,6+,7-,8-,9-,10-,11-,12+/m01/s1. The Bertz CT molecular complexity index is 1130. The summed E-state index contributed by atoms with van der Waals surface area (Å²) in [5, 5.41) is 97.6. The van der Waals surface area contributed by atoms with E-state index in [1.165, 1.54) is 18.4 Å². The number of phenols is 2. The van der Waals surface area contributed by atoms with Crippen molar-refractivity contribution in [1.82, 2.24) is 0 Å². The largest absolute Gasteiger partial charge is 0.507 e. The second-order valence-electron chi connectivity index (χ2n) is 12.6. The van der Waals surface area contributed by atoms with E-state index in [9.17, 15) is 46.0 Å². The first-order valence-electron chi connectivity index (χ1n) is 15.9. The van der Waals surface area contributed by atoms with Gasteiger partial charge in [-0.25, -0.2) is 0 Å². The molecule has 1 aliphatic carbocycles. The molecule has 10 N–H and O–H groups in total. The van der Waals surface area contributed by atoms with E-state index in [4.69, 9.17) is 19.3 Å². The van der Waals surface area contributed by atoms with E-state index < -0.39 is 74.6 Å². The molecule has 13 nitrogen and oxygen atoms in total.